The molecule has 2 aromatic carbocycles. The maximum absolute atomic E-state index is 12.8. The lowest BCUT2D eigenvalue weighted by Crippen LogP contribution is -2.21. The van der Waals surface area contributed by atoms with Crippen molar-refractivity contribution in [2.24, 2.45) is 0 Å². The molecule has 2 amide bonds. The fraction of sp³-hybridized carbons (Fsp3) is 0.125. The van der Waals surface area contributed by atoms with Gasteiger partial charge in [0, 0.05) is 5.69 Å². The Bertz CT molecular complexity index is 810. The zero-order valence-electron chi connectivity index (χ0n) is 12.5. The molecule has 25 heavy (non-hydrogen) atoms. The first-order valence-corrected chi connectivity index (χ1v) is 7.63. The number of nitrogens with one attached hydrogen (secondary N) is 2. The molecule has 2 aromatic rings. The molecule has 0 aliphatic heterocycles. The average Bonchev–Trinajstić information content (AvgIpc) is 2.50. The third-order valence-corrected chi connectivity index (χ3v) is 3.68. The number of carbonyl (C=O) groups is 2. The number of benzene rings is 2. The molecule has 9 heteroatoms. The van der Waals surface area contributed by atoms with Crippen molar-refractivity contribution >= 4 is 46.4 Å². The van der Waals surface area contributed by atoms with Gasteiger partial charge in [-0.3, -0.25) is 9.59 Å². The molecule has 2 N–H and O–H groups in total. The lowest BCUT2D eigenvalue weighted by atomic mass is 10.2. The van der Waals surface area contributed by atoms with Gasteiger partial charge in [-0.15, -0.1) is 0 Å². The van der Waals surface area contributed by atoms with E-state index in [1.807, 2.05) is 0 Å². The third-order valence-electron chi connectivity index (χ3n) is 3.02. The molecule has 0 unspecified atom stereocenters. The molecule has 2 rings (SSSR count). The molecule has 4 nitrogen and oxygen atoms in total. The number of halogens is 5. The van der Waals surface area contributed by atoms with Gasteiger partial charge < -0.3 is 10.6 Å². The van der Waals surface area contributed by atoms with Crippen molar-refractivity contribution in [3.8, 4) is 0 Å². The molecular weight excluding hydrogens is 380 g/mol. The number of carbonyl (C=O) groups excluding carboxylic acids is 2. The quantitative estimate of drug-likeness (QED) is 0.723. The molecule has 0 aliphatic rings. The van der Waals surface area contributed by atoms with Gasteiger partial charge in [0.25, 0.3) is 0 Å². The molecule has 0 heterocycles. The molecule has 0 aliphatic carbocycles. The van der Waals surface area contributed by atoms with Crippen molar-refractivity contribution in [1.29, 1.82) is 0 Å². The van der Waals surface area contributed by atoms with Crippen LogP contribution in [-0.2, 0) is 15.8 Å². The fourth-order valence-corrected chi connectivity index (χ4v) is 2.34. The van der Waals surface area contributed by atoms with Crippen LogP contribution in [0.15, 0.2) is 42.5 Å². The van der Waals surface area contributed by atoms with E-state index in [9.17, 15) is 22.8 Å². The summed E-state index contributed by atoms with van der Waals surface area (Å²) in [4.78, 5) is 23.6. The predicted molar refractivity (Wildman–Crippen MR) is 89.8 cm³/mol. The zero-order valence-corrected chi connectivity index (χ0v) is 14.0. The van der Waals surface area contributed by atoms with Gasteiger partial charge >= 0.3 is 6.18 Å². The number of amides is 2. The van der Waals surface area contributed by atoms with E-state index in [1.165, 1.54) is 6.07 Å². The smallest absolute Gasteiger partial charge is 0.326 e. The van der Waals surface area contributed by atoms with Crippen LogP contribution < -0.4 is 10.6 Å². The van der Waals surface area contributed by atoms with E-state index in [2.05, 4.69) is 10.6 Å². The molecule has 0 saturated heterocycles. The Kier molecular flexibility index (Phi) is 5.92. The normalized spacial score (nSPS) is 11.1. The first-order valence-electron chi connectivity index (χ1n) is 6.88. The summed E-state index contributed by atoms with van der Waals surface area (Å²) in [5, 5.41) is 4.47. The number of hydrogen-bond acceptors (Lipinski definition) is 2. The molecule has 0 spiro atoms. The summed E-state index contributed by atoms with van der Waals surface area (Å²) in [6.07, 6.45) is -5.24. The Hall–Kier alpha value is -2.25. The van der Waals surface area contributed by atoms with Crippen LogP contribution in [0.3, 0.4) is 0 Å². The minimum atomic E-state index is -4.65. The Morgan fingerprint density at radius 3 is 2.20 bits per heavy atom. The summed E-state index contributed by atoms with van der Waals surface area (Å²) in [7, 11) is 0. The molecular formula is C16H11Cl2F3N2O2. The SMILES string of the molecule is O=C(CC(=O)Nc1ccccc1Cl)Nc1ccc(Cl)c(C(F)(F)F)c1. The number of hydrogen-bond donors (Lipinski definition) is 2. The second kappa shape index (κ2) is 7.76. The van der Waals surface area contributed by atoms with Gasteiger partial charge in [0.2, 0.25) is 11.8 Å². The summed E-state index contributed by atoms with van der Waals surface area (Å²) in [6, 6.07) is 9.35. The van der Waals surface area contributed by atoms with E-state index in [0.29, 0.717) is 16.8 Å². The van der Waals surface area contributed by atoms with Crippen molar-refractivity contribution in [2.45, 2.75) is 12.6 Å². The van der Waals surface area contributed by atoms with Gasteiger partial charge in [0.05, 0.1) is 21.3 Å². The highest BCUT2D eigenvalue weighted by Crippen LogP contribution is 2.36. The van der Waals surface area contributed by atoms with E-state index in [4.69, 9.17) is 23.2 Å². The van der Waals surface area contributed by atoms with Gasteiger partial charge in [-0.05, 0) is 30.3 Å². The Labute approximate surface area is 150 Å². The second-order valence-electron chi connectivity index (χ2n) is 4.95. The van der Waals surface area contributed by atoms with E-state index in [-0.39, 0.29) is 5.69 Å². The minimum Gasteiger partial charge on any atom is -0.326 e. The van der Waals surface area contributed by atoms with Crippen LogP contribution in [0, 0.1) is 0 Å². The van der Waals surface area contributed by atoms with Crippen molar-refractivity contribution in [2.75, 3.05) is 10.6 Å². The molecule has 0 aromatic heterocycles. The predicted octanol–water partition coefficient (Wildman–Crippen LogP) is 4.98. The zero-order chi connectivity index (χ0) is 18.6. The highest BCUT2D eigenvalue weighted by Gasteiger charge is 2.33. The first kappa shape index (κ1) is 19.1. The van der Waals surface area contributed by atoms with E-state index < -0.39 is 35.0 Å². The molecule has 0 bridgehead atoms. The van der Waals surface area contributed by atoms with E-state index in [0.717, 1.165) is 6.07 Å². The molecule has 132 valence electrons. The third kappa shape index (κ3) is 5.37. The first-order chi connectivity index (χ1) is 11.7. The van der Waals surface area contributed by atoms with Crippen LogP contribution in [0.4, 0.5) is 24.5 Å². The van der Waals surface area contributed by atoms with Crippen molar-refractivity contribution in [3.05, 3.63) is 58.1 Å². The molecule has 0 fully saturated rings. The van der Waals surface area contributed by atoms with Crippen LogP contribution in [0.5, 0.6) is 0 Å². The molecule has 0 saturated carbocycles. The van der Waals surface area contributed by atoms with E-state index in [1.54, 1.807) is 24.3 Å². The number of para-hydroxylation sites is 1. The van der Waals surface area contributed by atoms with Crippen LogP contribution in [0.1, 0.15) is 12.0 Å². The van der Waals surface area contributed by atoms with Crippen molar-refractivity contribution in [3.63, 3.8) is 0 Å². The minimum absolute atomic E-state index is 0.118. The standard InChI is InChI=1S/C16H11Cl2F3N2O2/c17-11-6-5-9(7-10(11)16(19,20)21)22-14(24)8-15(25)23-13-4-2-1-3-12(13)18/h1-7H,8H2,(H,22,24)(H,23,25). The highest BCUT2D eigenvalue weighted by molar-refractivity contribution is 6.33. The van der Waals surface area contributed by atoms with Crippen molar-refractivity contribution in [1.82, 2.24) is 0 Å². The molecule has 0 atom stereocenters. The lowest BCUT2D eigenvalue weighted by molar-refractivity contribution is -0.137. The topological polar surface area (TPSA) is 58.2 Å². The molecule has 0 radical (unpaired) electrons. The fourth-order valence-electron chi connectivity index (χ4n) is 1.93. The lowest BCUT2D eigenvalue weighted by Gasteiger charge is -2.12. The average molecular weight is 391 g/mol. The Morgan fingerprint density at radius 1 is 0.920 bits per heavy atom. The summed E-state index contributed by atoms with van der Waals surface area (Å²) in [5.41, 5.74) is -0.868. The number of anilines is 2. The van der Waals surface area contributed by atoms with Gasteiger partial charge in [-0.2, -0.15) is 13.2 Å². The summed E-state index contributed by atoms with van der Waals surface area (Å²) in [6.45, 7) is 0. The Balaban J connectivity index is 2.01. The van der Waals surface area contributed by atoms with Gasteiger partial charge in [0.1, 0.15) is 6.42 Å². The van der Waals surface area contributed by atoms with Crippen molar-refractivity contribution < 1.29 is 22.8 Å². The summed E-state index contributed by atoms with van der Waals surface area (Å²) >= 11 is 11.4. The van der Waals surface area contributed by atoms with Crippen LogP contribution in [0.25, 0.3) is 0 Å². The maximum atomic E-state index is 12.8. The summed E-state index contributed by atoms with van der Waals surface area (Å²) < 4.78 is 38.3. The van der Waals surface area contributed by atoms with Gasteiger partial charge in [0.15, 0.2) is 0 Å². The maximum Gasteiger partial charge on any atom is 0.417 e. The van der Waals surface area contributed by atoms with Crippen LogP contribution in [-0.4, -0.2) is 11.8 Å². The van der Waals surface area contributed by atoms with E-state index >= 15 is 0 Å². The van der Waals surface area contributed by atoms with Crippen LogP contribution in [0.2, 0.25) is 10.0 Å². The second-order valence-corrected chi connectivity index (χ2v) is 5.76. The number of rotatable bonds is 4. The Morgan fingerprint density at radius 2 is 1.56 bits per heavy atom. The monoisotopic (exact) mass is 390 g/mol. The van der Waals surface area contributed by atoms with Gasteiger partial charge in [-0.25, -0.2) is 0 Å². The highest BCUT2D eigenvalue weighted by atomic mass is 35.5. The summed E-state index contributed by atoms with van der Waals surface area (Å²) in [5.74, 6) is -1.43. The number of alkyl halides is 3. The largest absolute Gasteiger partial charge is 0.417 e. The van der Waals surface area contributed by atoms with Gasteiger partial charge in [-0.1, -0.05) is 35.3 Å². The van der Waals surface area contributed by atoms with Crippen LogP contribution >= 0.6 is 23.2 Å².